The molecular weight excluding hydrogens is 444 g/mol. The highest BCUT2D eigenvalue weighted by Crippen LogP contribution is 2.49. The molecule has 1 saturated heterocycles. The Morgan fingerprint density at radius 1 is 1.09 bits per heavy atom. The van der Waals surface area contributed by atoms with Crippen LogP contribution < -0.4 is 5.32 Å². The second-order valence-corrected chi connectivity index (χ2v) is 10.5. The smallest absolute Gasteiger partial charge is 0.407 e. The number of carboxylic acids is 1. The highest BCUT2D eigenvalue weighted by Gasteiger charge is 2.56. The van der Waals surface area contributed by atoms with Crippen LogP contribution in [-0.4, -0.2) is 53.7 Å². The van der Waals surface area contributed by atoms with E-state index in [4.69, 9.17) is 4.74 Å². The van der Waals surface area contributed by atoms with Crippen molar-refractivity contribution in [2.75, 3.05) is 19.7 Å². The average molecular weight is 477 g/mol. The van der Waals surface area contributed by atoms with Gasteiger partial charge in [0.15, 0.2) is 0 Å². The third kappa shape index (κ3) is 3.97. The molecule has 35 heavy (non-hydrogen) atoms. The molecule has 2 unspecified atom stereocenters. The summed E-state index contributed by atoms with van der Waals surface area (Å²) in [5.74, 6) is -1.30. The molecule has 0 radical (unpaired) electrons. The summed E-state index contributed by atoms with van der Waals surface area (Å²) in [6.07, 6.45) is 1.67. The molecule has 1 saturated carbocycles. The summed E-state index contributed by atoms with van der Waals surface area (Å²) < 4.78 is 5.65. The van der Waals surface area contributed by atoms with Crippen molar-refractivity contribution in [3.05, 3.63) is 59.7 Å². The van der Waals surface area contributed by atoms with Crippen molar-refractivity contribution in [3.8, 4) is 11.1 Å². The molecular formula is C28H32N2O5. The first-order valence-electron chi connectivity index (χ1n) is 12.5. The molecule has 2 amide bonds. The quantitative estimate of drug-likeness (QED) is 0.649. The number of fused-ring (bicyclic) bond motifs is 4. The molecule has 5 rings (SSSR count). The molecule has 2 aromatic carbocycles. The van der Waals surface area contributed by atoms with E-state index in [1.807, 2.05) is 38.1 Å². The monoisotopic (exact) mass is 476 g/mol. The van der Waals surface area contributed by atoms with Gasteiger partial charge in [-0.15, -0.1) is 0 Å². The lowest BCUT2D eigenvalue weighted by atomic mass is 9.81. The Hall–Kier alpha value is -3.35. The second-order valence-electron chi connectivity index (χ2n) is 10.5. The zero-order valence-electron chi connectivity index (χ0n) is 20.2. The lowest BCUT2D eigenvalue weighted by molar-refractivity contribution is -0.149. The lowest BCUT2D eigenvalue weighted by Crippen LogP contribution is -2.51. The van der Waals surface area contributed by atoms with Gasteiger partial charge in [0.25, 0.3) is 0 Å². The summed E-state index contributed by atoms with van der Waals surface area (Å²) in [6, 6.07) is 15.5. The van der Waals surface area contributed by atoms with E-state index in [2.05, 4.69) is 29.6 Å². The van der Waals surface area contributed by atoms with Crippen LogP contribution in [-0.2, 0) is 14.3 Å². The van der Waals surface area contributed by atoms with Crippen molar-refractivity contribution in [3.63, 3.8) is 0 Å². The van der Waals surface area contributed by atoms with Crippen LogP contribution in [0, 0.1) is 17.3 Å². The van der Waals surface area contributed by atoms with Crippen LogP contribution in [0.4, 0.5) is 4.79 Å². The highest BCUT2D eigenvalue weighted by molar-refractivity contribution is 5.88. The first-order valence-corrected chi connectivity index (χ1v) is 12.5. The normalized spacial score (nSPS) is 23.5. The summed E-state index contributed by atoms with van der Waals surface area (Å²) in [7, 11) is 0. The largest absolute Gasteiger partial charge is 0.481 e. The van der Waals surface area contributed by atoms with Crippen LogP contribution in [0.3, 0.4) is 0 Å². The minimum absolute atomic E-state index is 0.0220. The van der Waals surface area contributed by atoms with Gasteiger partial charge in [0.05, 0.1) is 5.41 Å². The van der Waals surface area contributed by atoms with Gasteiger partial charge in [-0.1, -0.05) is 68.8 Å². The maximum absolute atomic E-state index is 13.4. The van der Waals surface area contributed by atoms with E-state index in [9.17, 15) is 19.5 Å². The van der Waals surface area contributed by atoms with Crippen LogP contribution in [0.2, 0.25) is 0 Å². The first-order chi connectivity index (χ1) is 16.8. The van der Waals surface area contributed by atoms with Crippen LogP contribution in [0.5, 0.6) is 0 Å². The molecule has 7 heteroatoms. The maximum atomic E-state index is 13.4. The standard InChI is InChI=1S/C28H32N2O5/c1-17(2)24(25(31)30-14-18-8-7-13-28(18,16-30)26(32)33)29-27(34)35-15-23-21-11-5-3-9-19(21)20-10-4-6-12-22(20)23/h3-6,9-12,17-18,23-24H,7-8,13-16H2,1-2H3,(H,29,34)(H,32,33)/t18?,24-,28?/m1/s1. The summed E-state index contributed by atoms with van der Waals surface area (Å²) in [4.78, 5) is 39.8. The predicted octanol–water partition coefficient (Wildman–Crippen LogP) is 4.26. The Morgan fingerprint density at radius 3 is 2.29 bits per heavy atom. The number of hydrogen-bond donors (Lipinski definition) is 2. The van der Waals surface area contributed by atoms with Crippen molar-refractivity contribution in [1.29, 1.82) is 0 Å². The first kappa shape index (κ1) is 23.4. The fourth-order valence-electron chi connectivity index (χ4n) is 6.28. The average Bonchev–Trinajstić information content (AvgIpc) is 3.50. The summed E-state index contributed by atoms with van der Waals surface area (Å²) in [6.45, 7) is 4.56. The molecule has 7 nitrogen and oxygen atoms in total. The van der Waals surface area contributed by atoms with Gasteiger partial charge in [-0.25, -0.2) is 4.79 Å². The number of nitrogens with one attached hydrogen (secondary N) is 1. The van der Waals surface area contributed by atoms with E-state index in [1.165, 1.54) is 0 Å². The predicted molar refractivity (Wildman–Crippen MR) is 131 cm³/mol. The third-order valence-electron chi connectivity index (χ3n) is 8.16. The van der Waals surface area contributed by atoms with Gasteiger partial charge in [-0.3, -0.25) is 9.59 Å². The summed E-state index contributed by atoms with van der Waals surface area (Å²) in [5.41, 5.74) is 3.71. The van der Waals surface area contributed by atoms with Gasteiger partial charge >= 0.3 is 12.1 Å². The second kappa shape index (κ2) is 9.02. The molecule has 2 aromatic rings. The zero-order chi connectivity index (χ0) is 24.7. The minimum atomic E-state index is -0.846. The van der Waals surface area contributed by atoms with Crippen LogP contribution in [0.1, 0.15) is 50.2 Å². The minimum Gasteiger partial charge on any atom is -0.481 e. The SMILES string of the molecule is CC(C)[C@@H](NC(=O)OCC1c2ccccc2-c2ccccc21)C(=O)N1CC2CCCC2(C(=O)O)C1. The molecule has 184 valence electrons. The number of aliphatic carboxylic acids is 1. The van der Waals surface area contributed by atoms with Gasteiger partial charge in [0.1, 0.15) is 12.6 Å². The maximum Gasteiger partial charge on any atom is 0.407 e. The Balaban J connectivity index is 1.25. The van der Waals surface area contributed by atoms with Gasteiger partial charge < -0.3 is 20.1 Å². The molecule has 1 heterocycles. The zero-order valence-corrected chi connectivity index (χ0v) is 20.2. The molecule has 1 aliphatic heterocycles. The lowest BCUT2D eigenvalue weighted by Gasteiger charge is -2.28. The molecule has 2 N–H and O–H groups in total. The van der Waals surface area contributed by atoms with E-state index in [0.29, 0.717) is 13.0 Å². The fourth-order valence-corrected chi connectivity index (χ4v) is 6.28. The topological polar surface area (TPSA) is 95.9 Å². The van der Waals surface area contributed by atoms with E-state index in [1.54, 1.807) is 4.90 Å². The number of likely N-dealkylation sites (tertiary alicyclic amines) is 1. The number of amides is 2. The Labute approximate surface area is 205 Å². The number of carbonyl (C=O) groups excluding carboxylic acids is 2. The van der Waals surface area contributed by atoms with E-state index >= 15 is 0 Å². The molecule has 0 bridgehead atoms. The molecule has 2 fully saturated rings. The molecule has 2 aliphatic carbocycles. The van der Waals surface area contributed by atoms with Crippen LogP contribution in [0.15, 0.2) is 48.5 Å². The number of carboxylic acid groups (broad SMARTS) is 1. The van der Waals surface area contributed by atoms with Crippen LogP contribution in [0.25, 0.3) is 11.1 Å². The van der Waals surface area contributed by atoms with Crippen molar-refractivity contribution in [2.24, 2.45) is 17.3 Å². The van der Waals surface area contributed by atoms with E-state index < -0.39 is 23.5 Å². The van der Waals surface area contributed by atoms with E-state index in [-0.39, 0.29) is 36.8 Å². The Bertz CT molecular complexity index is 1120. The van der Waals surface area contributed by atoms with Gasteiger partial charge in [-0.05, 0) is 46.9 Å². The summed E-state index contributed by atoms with van der Waals surface area (Å²) in [5, 5.41) is 12.6. The number of carbonyl (C=O) groups is 3. The fraction of sp³-hybridized carbons (Fsp3) is 0.464. The number of benzene rings is 2. The van der Waals surface area contributed by atoms with Crippen molar-refractivity contribution < 1.29 is 24.2 Å². The van der Waals surface area contributed by atoms with E-state index in [0.717, 1.165) is 35.1 Å². The van der Waals surface area contributed by atoms with Crippen molar-refractivity contribution in [1.82, 2.24) is 10.2 Å². The molecule has 3 atom stereocenters. The van der Waals surface area contributed by atoms with Crippen LogP contribution >= 0.6 is 0 Å². The molecule has 0 spiro atoms. The van der Waals surface area contributed by atoms with Gasteiger partial charge in [0, 0.05) is 19.0 Å². The molecule has 0 aromatic heterocycles. The number of ether oxygens (including phenoxy) is 1. The number of alkyl carbamates (subject to hydrolysis) is 1. The Kier molecular flexibility index (Phi) is 6.03. The molecule has 3 aliphatic rings. The number of hydrogen-bond acceptors (Lipinski definition) is 4. The Morgan fingerprint density at radius 2 is 1.71 bits per heavy atom. The van der Waals surface area contributed by atoms with Crippen molar-refractivity contribution in [2.45, 2.75) is 45.1 Å². The highest BCUT2D eigenvalue weighted by atomic mass is 16.5. The number of rotatable bonds is 6. The van der Waals surface area contributed by atoms with Gasteiger partial charge in [0.2, 0.25) is 5.91 Å². The third-order valence-corrected chi connectivity index (χ3v) is 8.16. The van der Waals surface area contributed by atoms with Crippen molar-refractivity contribution >= 4 is 18.0 Å². The number of nitrogens with zero attached hydrogens (tertiary/aromatic N) is 1. The summed E-state index contributed by atoms with van der Waals surface area (Å²) >= 11 is 0. The van der Waals surface area contributed by atoms with Gasteiger partial charge in [-0.2, -0.15) is 0 Å².